The number of likely N-dealkylation sites (tertiary alicyclic amines) is 1. The van der Waals surface area contributed by atoms with Gasteiger partial charge in [-0.05, 0) is 38.6 Å². The molecule has 17 heavy (non-hydrogen) atoms. The second-order valence-electron chi connectivity index (χ2n) is 5.82. The molecule has 2 aliphatic rings. The molecule has 1 N–H and O–H groups in total. The van der Waals surface area contributed by atoms with Gasteiger partial charge in [-0.2, -0.15) is 0 Å². The first-order chi connectivity index (χ1) is 8.29. The van der Waals surface area contributed by atoms with E-state index in [2.05, 4.69) is 4.90 Å². The van der Waals surface area contributed by atoms with E-state index >= 15 is 0 Å². The summed E-state index contributed by atoms with van der Waals surface area (Å²) in [6, 6.07) is 0.506. The number of nitrogens with zero attached hydrogens (tertiary/aromatic N) is 1. The lowest BCUT2D eigenvalue weighted by atomic mass is 9.85. The highest BCUT2D eigenvalue weighted by Crippen LogP contribution is 2.38. The molecule has 0 aromatic heterocycles. The summed E-state index contributed by atoms with van der Waals surface area (Å²) in [5.74, 6) is 0. The van der Waals surface area contributed by atoms with Crippen molar-refractivity contribution < 1.29 is 9.90 Å². The van der Waals surface area contributed by atoms with E-state index in [9.17, 15) is 4.79 Å². The predicted molar refractivity (Wildman–Crippen MR) is 67.9 cm³/mol. The molecule has 0 spiro atoms. The molecule has 1 unspecified atom stereocenters. The topological polar surface area (TPSA) is 40.5 Å². The van der Waals surface area contributed by atoms with E-state index in [1.165, 1.54) is 38.4 Å². The molecule has 0 radical (unpaired) electrons. The lowest BCUT2D eigenvalue weighted by Gasteiger charge is -2.40. The van der Waals surface area contributed by atoms with Crippen LogP contribution < -0.4 is 0 Å². The van der Waals surface area contributed by atoms with Gasteiger partial charge in [0.15, 0.2) is 0 Å². The summed E-state index contributed by atoms with van der Waals surface area (Å²) < 4.78 is 0. The predicted octanol–water partition coefficient (Wildman–Crippen LogP) is 1.98. The summed E-state index contributed by atoms with van der Waals surface area (Å²) in [5, 5.41) is 9.12. The van der Waals surface area contributed by atoms with Crippen LogP contribution in [0.5, 0.6) is 0 Å². The zero-order chi connectivity index (χ0) is 12.1. The van der Waals surface area contributed by atoms with Gasteiger partial charge in [0.2, 0.25) is 0 Å². The Morgan fingerprint density at radius 1 is 1.24 bits per heavy atom. The Morgan fingerprint density at radius 3 is 2.65 bits per heavy atom. The largest absolute Gasteiger partial charge is 0.396 e. The summed E-state index contributed by atoms with van der Waals surface area (Å²) in [7, 11) is 0. The van der Waals surface area contributed by atoms with Crippen LogP contribution in [0, 0.1) is 5.41 Å². The zero-order valence-electron chi connectivity index (χ0n) is 10.7. The van der Waals surface area contributed by atoms with Crippen LogP contribution in [-0.2, 0) is 4.79 Å². The quantitative estimate of drug-likeness (QED) is 0.746. The van der Waals surface area contributed by atoms with Crippen LogP contribution in [0.1, 0.15) is 51.4 Å². The molecule has 3 nitrogen and oxygen atoms in total. The van der Waals surface area contributed by atoms with E-state index in [4.69, 9.17) is 5.11 Å². The second-order valence-corrected chi connectivity index (χ2v) is 5.82. The van der Waals surface area contributed by atoms with Gasteiger partial charge in [0.25, 0.3) is 0 Å². The summed E-state index contributed by atoms with van der Waals surface area (Å²) in [4.78, 5) is 13.9. The molecule has 0 amide bonds. The molecule has 2 fully saturated rings. The Kier molecular flexibility index (Phi) is 4.57. The molecule has 1 atom stereocenters. The van der Waals surface area contributed by atoms with Crippen molar-refractivity contribution in [1.82, 2.24) is 4.90 Å². The van der Waals surface area contributed by atoms with Gasteiger partial charge in [0, 0.05) is 24.6 Å². The summed E-state index contributed by atoms with van der Waals surface area (Å²) >= 11 is 0. The van der Waals surface area contributed by atoms with Crippen LogP contribution in [0.15, 0.2) is 0 Å². The number of aliphatic hydroxyl groups is 1. The Hall–Kier alpha value is -0.410. The second kappa shape index (κ2) is 5.96. The number of hydrogen-bond acceptors (Lipinski definition) is 3. The third-order valence-corrected chi connectivity index (χ3v) is 4.58. The third-order valence-electron chi connectivity index (χ3n) is 4.58. The normalized spacial score (nSPS) is 29.4. The fraction of sp³-hybridized carbons (Fsp3) is 0.929. The number of rotatable bonds is 5. The Morgan fingerprint density at radius 2 is 2.00 bits per heavy atom. The van der Waals surface area contributed by atoms with Crippen molar-refractivity contribution in [2.45, 2.75) is 57.4 Å². The van der Waals surface area contributed by atoms with Crippen molar-refractivity contribution in [2.24, 2.45) is 5.41 Å². The minimum atomic E-state index is -0.0644. The summed E-state index contributed by atoms with van der Waals surface area (Å²) in [5.41, 5.74) is -0.0644. The molecular weight excluding hydrogens is 214 g/mol. The smallest absolute Gasteiger partial charge is 0.127 e. The molecule has 1 aliphatic heterocycles. The van der Waals surface area contributed by atoms with Gasteiger partial charge >= 0.3 is 0 Å². The number of piperidine rings is 1. The number of hydrogen-bond donors (Lipinski definition) is 1. The minimum Gasteiger partial charge on any atom is -0.396 e. The van der Waals surface area contributed by atoms with E-state index in [0.29, 0.717) is 6.04 Å². The lowest BCUT2D eigenvalue weighted by molar-refractivity contribution is -0.117. The monoisotopic (exact) mass is 239 g/mol. The first kappa shape index (κ1) is 13.0. The molecule has 98 valence electrons. The Bertz CT molecular complexity index is 247. The number of aldehydes is 1. The highest BCUT2D eigenvalue weighted by molar-refractivity contribution is 5.60. The molecular formula is C14H25NO2. The molecule has 1 saturated heterocycles. The molecule has 0 aromatic rings. The first-order valence-electron chi connectivity index (χ1n) is 7.11. The van der Waals surface area contributed by atoms with E-state index in [1.54, 1.807) is 0 Å². The van der Waals surface area contributed by atoms with Gasteiger partial charge in [-0.25, -0.2) is 0 Å². The molecule has 0 bridgehead atoms. The highest BCUT2D eigenvalue weighted by Gasteiger charge is 2.37. The van der Waals surface area contributed by atoms with Crippen molar-refractivity contribution in [3.63, 3.8) is 0 Å². The van der Waals surface area contributed by atoms with Crippen molar-refractivity contribution in [1.29, 1.82) is 0 Å². The van der Waals surface area contributed by atoms with E-state index in [1.807, 2.05) is 0 Å². The van der Waals surface area contributed by atoms with E-state index < -0.39 is 0 Å². The molecule has 1 saturated carbocycles. The summed E-state index contributed by atoms with van der Waals surface area (Å²) in [6.07, 6.45) is 10.3. The van der Waals surface area contributed by atoms with Gasteiger partial charge in [0.1, 0.15) is 6.29 Å². The minimum absolute atomic E-state index is 0.0644. The number of carbonyl (C=O) groups excluding carboxylic acids is 1. The fourth-order valence-corrected chi connectivity index (χ4v) is 3.54. The Labute approximate surface area is 104 Å². The molecule has 3 heteroatoms. The number of carbonyl (C=O) groups is 1. The van der Waals surface area contributed by atoms with Gasteiger partial charge < -0.3 is 9.90 Å². The average Bonchev–Trinajstić information content (AvgIpc) is 2.81. The molecule has 2 rings (SSSR count). The molecule has 1 heterocycles. The van der Waals surface area contributed by atoms with Gasteiger partial charge in [0.05, 0.1) is 0 Å². The molecule has 1 aliphatic carbocycles. The molecule has 0 aromatic carbocycles. The van der Waals surface area contributed by atoms with Crippen LogP contribution in [0.4, 0.5) is 0 Å². The maximum absolute atomic E-state index is 11.4. The summed E-state index contributed by atoms with van der Waals surface area (Å²) in [6.45, 7) is 2.32. The van der Waals surface area contributed by atoms with Crippen LogP contribution in [0.3, 0.4) is 0 Å². The zero-order valence-corrected chi connectivity index (χ0v) is 10.7. The van der Waals surface area contributed by atoms with Crippen molar-refractivity contribution in [3.8, 4) is 0 Å². The van der Waals surface area contributed by atoms with Crippen LogP contribution in [0.2, 0.25) is 0 Å². The SMILES string of the molecule is O=CC1(CN2CCCCC2CCO)CCCC1. The van der Waals surface area contributed by atoms with Gasteiger partial charge in [-0.1, -0.05) is 19.3 Å². The first-order valence-corrected chi connectivity index (χ1v) is 7.11. The van der Waals surface area contributed by atoms with Crippen molar-refractivity contribution >= 4 is 6.29 Å². The van der Waals surface area contributed by atoms with Crippen LogP contribution in [0.25, 0.3) is 0 Å². The fourth-order valence-electron chi connectivity index (χ4n) is 3.54. The van der Waals surface area contributed by atoms with Gasteiger partial charge in [-0.15, -0.1) is 0 Å². The Balaban J connectivity index is 1.96. The van der Waals surface area contributed by atoms with E-state index in [-0.39, 0.29) is 12.0 Å². The maximum atomic E-state index is 11.4. The standard InChI is InChI=1S/C14H25NO2/c16-10-6-13-5-1-4-9-15(13)11-14(12-17)7-2-3-8-14/h12-13,16H,1-11H2. The lowest BCUT2D eigenvalue weighted by Crippen LogP contribution is -2.46. The average molecular weight is 239 g/mol. The third kappa shape index (κ3) is 3.08. The van der Waals surface area contributed by atoms with Crippen molar-refractivity contribution in [2.75, 3.05) is 19.7 Å². The van der Waals surface area contributed by atoms with Crippen LogP contribution >= 0.6 is 0 Å². The van der Waals surface area contributed by atoms with Gasteiger partial charge in [-0.3, -0.25) is 4.90 Å². The maximum Gasteiger partial charge on any atom is 0.127 e. The van der Waals surface area contributed by atoms with E-state index in [0.717, 1.165) is 32.4 Å². The van der Waals surface area contributed by atoms with Crippen LogP contribution in [-0.4, -0.2) is 42.0 Å². The number of aliphatic hydroxyl groups excluding tert-OH is 1. The highest BCUT2D eigenvalue weighted by atomic mass is 16.3. The van der Waals surface area contributed by atoms with Crippen molar-refractivity contribution in [3.05, 3.63) is 0 Å².